The van der Waals surface area contributed by atoms with Gasteiger partial charge >= 0.3 is 5.97 Å². The summed E-state index contributed by atoms with van der Waals surface area (Å²) in [6.45, 7) is 9.35. The molecule has 0 amide bonds. The lowest BCUT2D eigenvalue weighted by Gasteiger charge is -2.30. The molecular formula is C12H23NO3. The fraction of sp³-hybridized carbons (Fsp3) is 0.917. The number of hydrogen-bond donors (Lipinski definition) is 0. The molecular weight excluding hydrogens is 206 g/mol. The van der Waals surface area contributed by atoms with Crippen molar-refractivity contribution in [2.75, 3.05) is 33.4 Å². The van der Waals surface area contributed by atoms with Crippen LogP contribution < -0.4 is 0 Å². The van der Waals surface area contributed by atoms with Crippen LogP contribution in [0.2, 0.25) is 0 Å². The molecule has 1 aliphatic rings. The molecule has 0 aliphatic carbocycles. The average Bonchev–Trinajstić information content (AvgIpc) is 2.40. The summed E-state index contributed by atoms with van der Waals surface area (Å²) in [5.74, 6) is -0.148. The van der Waals surface area contributed by atoms with E-state index in [9.17, 15) is 4.79 Å². The zero-order valence-corrected chi connectivity index (χ0v) is 10.8. The highest BCUT2D eigenvalue weighted by molar-refractivity contribution is 5.76. The minimum absolute atomic E-state index is 0.148. The van der Waals surface area contributed by atoms with Crippen LogP contribution in [0.4, 0.5) is 0 Å². The average molecular weight is 229 g/mol. The van der Waals surface area contributed by atoms with Crippen LogP contribution in [0.5, 0.6) is 0 Å². The van der Waals surface area contributed by atoms with E-state index >= 15 is 0 Å². The highest BCUT2D eigenvalue weighted by Gasteiger charge is 2.31. The molecule has 0 N–H and O–H groups in total. The SMILES string of the molecule is COC(=O)C(C)(C)CN1CCCOC(C)C1. The fourth-order valence-electron chi connectivity index (χ4n) is 2.12. The molecule has 1 heterocycles. The van der Waals surface area contributed by atoms with Crippen LogP contribution in [0, 0.1) is 5.41 Å². The molecule has 4 heteroatoms. The molecule has 1 fully saturated rings. The Bertz CT molecular complexity index is 240. The van der Waals surface area contributed by atoms with Crippen LogP contribution in [0.3, 0.4) is 0 Å². The van der Waals surface area contributed by atoms with Gasteiger partial charge in [-0.3, -0.25) is 9.69 Å². The standard InChI is InChI=1S/C12H23NO3/c1-10-8-13(6-5-7-16-10)9-12(2,3)11(14)15-4/h10H,5-9H2,1-4H3. The quantitative estimate of drug-likeness (QED) is 0.684. The van der Waals surface area contributed by atoms with Gasteiger partial charge in [0, 0.05) is 26.2 Å². The lowest BCUT2D eigenvalue weighted by molar-refractivity contribution is -0.151. The number of hydrogen-bond acceptors (Lipinski definition) is 4. The molecule has 0 radical (unpaired) electrons. The summed E-state index contributed by atoms with van der Waals surface area (Å²) in [7, 11) is 1.44. The molecule has 0 saturated carbocycles. The first kappa shape index (κ1) is 13.5. The molecule has 4 nitrogen and oxygen atoms in total. The number of rotatable bonds is 3. The van der Waals surface area contributed by atoms with Gasteiger partial charge in [0.1, 0.15) is 0 Å². The predicted octanol–water partition coefficient (Wildman–Crippen LogP) is 1.30. The van der Waals surface area contributed by atoms with Crippen molar-refractivity contribution >= 4 is 5.97 Å². The van der Waals surface area contributed by atoms with E-state index in [0.29, 0.717) is 0 Å². The van der Waals surface area contributed by atoms with Crippen molar-refractivity contribution in [2.24, 2.45) is 5.41 Å². The largest absolute Gasteiger partial charge is 0.469 e. The van der Waals surface area contributed by atoms with Crippen molar-refractivity contribution in [1.82, 2.24) is 4.90 Å². The van der Waals surface area contributed by atoms with Gasteiger partial charge in [0.25, 0.3) is 0 Å². The lowest BCUT2D eigenvalue weighted by Crippen LogP contribution is -2.42. The Labute approximate surface area is 97.9 Å². The van der Waals surface area contributed by atoms with E-state index in [1.807, 2.05) is 13.8 Å². The fourth-order valence-corrected chi connectivity index (χ4v) is 2.12. The van der Waals surface area contributed by atoms with Crippen LogP contribution >= 0.6 is 0 Å². The molecule has 94 valence electrons. The molecule has 1 atom stereocenters. The summed E-state index contributed by atoms with van der Waals surface area (Å²) >= 11 is 0. The van der Waals surface area contributed by atoms with Crippen LogP contribution in [-0.4, -0.2) is 50.3 Å². The molecule has 1 aliphatic heterocycles. The summed E-state index contributed by atoms with van der Waals surface area (Å²) in [5.41, 5.74) is -0.446. The Morgan fingerprint density at radius 2 is 2.25 bits per heavy atom. The van der Waals surface area contributed by atoms with E-state index in [0.717, 1.165) is 32.7 Å². The van der Waals surface area contributed by atoms with E-state index in [1.54, 1.807) is 0 Å². The number of carbonyl (C=O) groups excluding carboxylic acids is 1. The first-order valence-corrected chi connectivity index (χ1v) is 5.88. The van der Waals surface area contributed by atoms with Crippen LogP contribution in [0.25, 0.3) is 0 Å². The first-order chi connectivity index (χ1) is 7.45. The van der Waals surface area contributed by atoms with Crippen molar-refractivity contribution in [2.45, 2.75) is 33.3 Å². The Morgan fingerprint density at radius 1 is 1.56 bits per heavy atom. The zero-order chi connectivity index (χ0) is 12.2. The molecule has 0 aromatic carbocycles. The monoisotopic (exact) mass is 229 g/mol. The summed E-state index contributed by atoms with van der Waals surface area (Å²) in [4.78, 5) is 13.9. The molecule has 1 unspecified atom stereocenters. The van der Waals surface area contributed by atoms with Crippen LogP contribution in [0.15, 0.2) is 0 Å². The Hall–Kier alpha value is -0.610. The Kier molecular flexibility index (Phi) is 4.74. The highest BCUT2D eigenvalue weighted by Crippen LogP contribution is 2.20. The molecule has 0 aromatic rings. The van der Waals surface area contributed by atoms with Gasteiger partial charge in [-0.2, -0.15) is 0 Å². The summed E-state index contributed by atoms with van der Waals surface area (Å²) < 4.78 is 10.4. The predicted molar refractivity (Wildman–Crippen MR) is 62.3 cm³/mol. The van der Waals surface area contributed by atoms with Gasteiger partial charge in [-0.25, -0.2) is 0 Å². The number of nitrogens with zero attached hydrogens (tertiary/aromatic N) is 1. The molecule has 1 saturated heterocycles. The van der Waals surface area contributed by atoms with Gasteiger partial charge in [0.05, 0.1) is 18.6 Å². The molecule has 0 bridgehead atoms. The van der Waals surface area contributed by atoms with E-state index in [4.69, 9.17) is 9.47 Å². The van der Waals surface area contributed by atoms with Gasteiger partial charge in [-0.05, 0) is 27.2 Å². The maximum atomic E-state index is 11.6. The van der Waals surface area contributed by atoms with Crippen molar-refractivity contribution in [3.8, 4) is 0 Å². The lowest BCUT2D eigenvalue weighted by atomic mass is 9.93. The normalized spacial score (nSPS) is 23.9. The highest BCUT2D eigenvalue weighted by atomic mass is 16.5. The maximum absolute atomic E-state index is 11.6. The number of ether oxygens (including phenoxy) is 2. The third kappa shape index (κ3) is 3.76. The van der Waals surface area contributed by atoms with Crippen LogP contribution in [0.1, 0.15) is 27.2 Å². The van der Waals surface area contributed by atoms with Gasteiger partial charge < -0.3 is 9.47 Å². The minimum atomic E-state index is -0.446. The van der Waals surface area contributed by atoms with Crippen molar-refractivity contribution in [3.05, 3.63) is 0 Å². The second-order valence-electron chi connectivity index (χ2n) is 5.15. The summed E-state index contributed by atoms with van der Waals surface area (Å²) in [5, 5.41) is 0. The molecule has 1 rings (SSSR count). The number of esters is 1. The second kappa shape index (κ2) is 5.64. The summed E-state index contributed by atoms with van der Waals surface area (Å²) in [6, 6.07) is 0. The minimum Gasteiger partial charge on any atom is -0.469 e. The Morgan fingerprint density at radius 3 is 2.88 bits per heavy atom. The van der Waals surface area contributed by atoms with Crippen molar-refractivity contribution in [3.63, 3.8) is 0 Å². The van der Waals surface area contributed by atoms with E-state index in [1.165, 1.54) is 7.11 Å². The molecule has 0 aromatic heterocycles. The topological polar surface area (TPSA) is 38.8 Å². The van der Waals surface area contributed by atoms with E-state index in [2.05, 4.69) is 11.8 Å². The third-order valence-electron chi connectivity index (χ3n) is 2.89. The van der Waals surface area contributed by atoms with E-state index in [-0.39, 0.29) is 12.1 Å². The second-order valence-corrected chi connectivity index (χ2v) is 5.15. The maximum Gasteiger partial charge on any atom is 0.312 e. The smallest absolute Gasteiger partial charge is 0.312 e. The Balaban J connectivity index is 2.54. The van der Waals surface area contributed by atoms with Crippen molar-refractivity contribution in [1.29, 1.82) is 0 Å². The van der Waals surface area contributed by atoms with E-state index < -0.39 is 5.41 Å². The van der Waals surface area contributed by atoms with Gasteiger partial charge in [-0.1, -0.05) is 0 Å². The number of methoxy groups -OCH3 is 1. The molecule has 16 heavy (non-hydrogen) atoms. The van der Waals surface area contributed by atoms with Gasteiger partial charge in [0.2, 0.25) is 0 Å². The zero-order valence-electron chi connectivity index (χ0n) is 10.8. The first-order valence-electron chi connectivity index (χ1n) is 5.88. The van der Waals surface area contributed by atoms with Gasteiger partial charge in [0.15, 0.2) is 0 Å². The third-order valence-corrected chi connectivity index (χ3v) is 2.89. The summed E-state index contributed by atoms with van der Waals surface area (Å²) in [6.07, 6.45) is 1.28. The van der Waals surface area contributed by atoms with Gasteiger partial charge in [-0.15, -0.1) is 0 Å². The van der Waals surface area contributed by atoms with Crippen molar-refractivity contribution < 1.29 is 14.3 Å². The van der Waals surface area contributed by atoms with Crippen LogP contribution in [-0.2, 0) is 14.3 Å². The number of carbonyl (C=O) groups is 1. The molecule has 0 spiro atoms.